The van der Waals surface area contributed by atoms with Crippen LogP contribution in [0.5, 0.6) is 0 Å². The number of hydrogen-bond donors (Lipinski definition) is 0. The molecule has 0 aliphatic rings. The minimum atomic E-state index is -4.21. The van der Waals surface area contributed by atoms with Gasteiger partial charge in [-0.1, -0.05) is 30.3 Å². The number of hydrogen-bond acceptors (Lipinski definition) is 0. The van der Waals surface area contributed by atoms with Gasteiger partial charge in [-0.2, -0.15) is 13.2 Å². The number of rotatable bonds is 0. The van der Waals surface area contributed by atoms with E-state index in [1.54, 1.807) is 6.07 Å². The van der Waals surface area contributed by atoms with E-state index in [2.05, 4.69) is 0 Å². The van der Waals surface area contributed by atoms with Crippen molar-refractivity contribution < 1.29 is 13.2 Å². The second kappa shape index (κ2) is 4.62. The third kappa shape index (κ3) is 3.71. The molecule has 1 aromatic carbocycles. The van der Waals surface area contributed by atoms with Crippen LogP contribution in [0.4, 0.5) is 13.2 Å². The van der Waals surface area contributed by atoms with Crippen LogP contribution in [-0.4, -0.2) is 51.4 Å². The summed E-state index contributed by atoms with van der Waals surface area (Å²) < 4.78 is 35.4. The van der Waals surface area contributed by atoms with Crippen molar-refractivity contribution in [2.75, 3.05) is 0 Å². The predicted octanol–water partition coefficient (Wildman–Crippen LogP) is 2.06. The number of alkyl halides is 3. The van der Waals surface area contributed by atoms with E-state index in [0.717, 1.165) is 12.1 Å². The zero-order valence-electron chi connectivity index (χ0n) is 5.02. The van der Waals surface area contributed by atoms with Crippen LogP contribution >= 0.6 is 0 Å². The standard InChI is InChI=1S/C7H5F3.K.H/c8-7(9,10)6-4-2-1-3-5-6;;/h1-5H;;. The molecule has 4 heteroatoms. The minimum absolute atomic E-state index is 0. The van der Waals surface area contributed by atoms with Crippen molar-refractivity contribution in [3.05, 3.63) is 35.9 Å². The van der Waals surface area contributed by atoms with Gasteiger partial charge in [-0.25, -0.2) is 0 Å². The van der Waals surface area contributed by atoms with E-state index < -0.39 is 11.7 Å². The predicted molar refractivity (Wildman–Crippen MR) is 38.6 cm³/mol. The SMILES string of the molecule is FC(F)(F)c1ccccc1.[KH]. The summed E-state index contributed by atoms with van der Waals surface area (Å²) in [4.78, 5) is 0. The second-order valence-electron chi connectivity index (χ2n) is 1.86. The Kier molecular flexibility index (Phi) is 4.89. The third-order valence-corrected chi connectivity index (χ3v) is 1.10. The van der Waals surface area contributed by atoms with Crippen LogP contribution in [0, 0.1) is 0 Å². The van der Waals surface area contributed by atoms with E-state index in [1.165, 1.54) is 12.1 Å². The first-order valence-electron chi connectivity index (χ1n) is 2.73. The zero-order valence-corrected chi connectivity index (χ0v) is 5.02. The molecule has 0 aromatic heterocycles. The first kappa shape index (κ1) is 11.6. The first-order chi connectivity index (χ1) is 4.61. The van der Waals surface area contributed by atoms with Crippen LogP contribution in [0.3, 0.4) is 0 Å². The normalized spacial score (nSPS) is 10.5. The molecule has 11 heavy (non-hydrogen) atoms. The second-order valence-corrected chi connectivity index (χ2v) is 1.86. The van der Waals surface area contributed by atoms with Gasteiger partial charge in [0.25, 0.3) is 0 Å². The Hall–Kier alpha value is 0.646. The van der Waals surface area contributed by atoms with Crippen molar-refractivity contribution >= 4 is 51.4 Å². The van der Waals surface area contributed by atoms with Crippen molar-refractivity contribution in [3.8, 4) is 0 Å². The molecule has 0 spiro atoms. The molecule has 0 N–H and O–H groups in total. The molecule has 0 heterocycles. The molecule has 0 amide bonds. The molecule has 0 aliphatic heterocycles. The summed E-state index contributed by atoms with van der Waals surface area (Å²) in [6.07, 6.45) is -4.21. The molecule has 56 valence electrons. The Morgan fingerprint density at radius 2 is 1.36 bits per heavy atom. The summed E-state index contributed by atoms with van der Waals surface area (Å²) in [6, 6.07) is 6.36. The van der Waals surface area contributed by atoms with Crippen molar-refractivity contribution in [2.45, 2.75) is 6.18 Å². The Morgan fingerprint density at radius 3 is 1.64 bits per heavy atom. The molecule has 0 atom stereocenters. The van der Waals surface area contributed by atoms with Gasteiger partial charge in [0.1, 0.15) is 0 Å². The van der Waals surface area contributed by atoms with Gasteiger partial charge in [-0.05, 0) is 0 Å². The molecule has 0 aliphatic carbocycles. The van der Waals surface area contributed by atoms with E-state index in [-0.39, 0.29) is 51.4 Å². The third-order valence-electron chi connectivity index (χ3n) is 1.10. The fourth-order valence-corrected chi connectivity index (χ4v) is 0.627. The van der Waals surface area contributed by atoms with E-state index >= 15 is 0 Å². The summed E-state index contributed by atoms with van der Waals surface area (Å²) in [6.45, 7) is 0. The fraction of sp³-hybridized carbons (Fsp3) is 0.143. The molecule has 0 radical (unpaired) electrons. The number of benzene rings is 1. The zero-order chi connectivity index (χ0) is 7.61. The van der Waals surface area contributed by atoms with Crippen LogP contribution in [0.25, 0.3) is 0 Å². The van der Waals surface area contributed by atoms with Gasteiger partial charge in [-0.15, -0.1) is 0 Å². The van der Waals surface area contributed by atoms with Crippen LogP contribution in [0.15, 0.2) is 30.3 Å². The Labute approximate surface area is 105 Å². The average Bonchev–Trinajstić information content (AvgIpc) is 1.88. The molecule has 0 nitrogen and oxygen atoms in total. The van der Waals surface area contributed by atoms with Crippen molar-refractivity contribution in [3.63, 3.8) is 0 Å². The van der Waals surface area contributed by atoms with Gasteiger partial charge in [0.2, 0.25) is 0 Å². The Balaban J connectivity index is 0.000001000. The summed E-state index contributed by atoms with van der Waals surface area (Å²) >= 11 is 0. The molecular formula is C7H6F3K. The van der Waals surface area contributed by atoms with Gasteiger partial charge in [0.05, 0.1) is 5.56 Å². The van der Waals surface area contributed by atoms with Gasteiger partial charge >= 0.3 is 57.6 Å². The van der Waals surface area contributed by atoms with Crippen molar-refractivity contribution in [1.82, 2.24) is 0 Å². The topological polar surface area (TPSA) is 0 Å². The molecule has 1 rings (SSSR count). The van der Waals surface area contributed by atoms with E-state index in [1.807, 2.05) is 0 Å². The van der Waals surface area contributed by atoms with Crippen molar-refractivity contribution in [1.29, 1.82) is 0 Å². The average molecular weight is 186 g/mol. The Morgan fingerprint density at radius 1 is 0.909 bits per heavy atom. The number of halogens is 3. The monoisotopic (exact) mass is 186 g/mol. The summed E-state index contributed by atoms with van der Waals surface area (Å²) in [5, 5.41) is 0. The fourth-order valence-electron chi connectivity index (χ4n) is 0.627. The maximum absolute atomic E-state index is 11.8. The molecule has 1 aromatic rings. The quantitative estimate of drug-likeness (QED) is 0.544. The van der Waals surface area contributed by atoms with Crippen molar-refractivity contribution in [2.24, 2.45) is 0 Å². The van der Waals surface area contributed by atoms with Gasteiger partial charge in [0, 0.05) is 0 Å². The van der Waals surface area contributed by atoms with E-state index in [4.69, 9.17) is 0 Å². The molecular weight excluding hydrogens is 180 g/mol. The Bertz CT molecular complexity index is 205. The summed E-state index contributed by atoms with van der Waals surface area (Å²) in [5.74, 6) is 0. The first-order valence-corrected chi connectivity index (χ1v) is 2.73. The summed E-state index contributed by atoms with van der Waals surface area (Å²) in [7, 11) is 0. The molecule has 0 saturated heterocycles. The molecule has 0 saturated carbocycles. The van der Waals surface area contributed by atoms with E-state index in [0.29, 0.717) is 0 Å². The molecule has 0 bridgehead atoms. The molecule has 0 unspecified atom stereocenters. The molecule has 0 fully saturated rings. The van der Waals surface area contributed by atoms with Crippen LogP contribution < -0.4 is 0 Å². The van der Waals surface area contributed by atoms with Crippen LogP contribution in [-0.2, 0) is 6.18 Å². The summed E-state index contributed by atoms with van der Waals surface area (Å²) in [5.41, 5.74) is -0.602. The van der Waals surface area contributed by atoms with E-state index in [9.17, 15) is 13.2 Å². The van der Waals surface area contributed by atoms with Crippen LogP contribution in [0.1, 0.15) is 5.56 Å². The van der Waals surface area contributed by atoms with Crippen LogP contribution in [0.2, 0.25) is 0 Å². The van der Waals surface area contributed by atoms with Gasteiger partial charge in [0.15, 0.2) is 0 Å². The maximum atomic E-state index is 11.8. The van der Waals surface area contributed by atoms with Gasteiger partial charge < -0.3 is 0 Å². The van der Waals surface area contributed by atoms with Gasteiger partial charge in [-0.3, -0.25) is 0 Å².